The number of hydrogen-bond donors (Lipinski definition) is 2. The van der Waals surface area contributed by atoms with Crippen molar-refractivity contribution >= 4 is 34.4 Å². The van der Waals surface area contributed by atoms with Gasteiger partial charge in [0.05, 0.1) is 40.7 Å². The Hall–Kier alpha value is -3.43. The summed E-state index contributed by atoms with van der Waals surface area (Å²) in [7, 11) is 0. The molecule has 0 spiro atoms. The molecule has 0 radical (unpaired) electrons. The predicted molar refractivity (Wildman–Crippen MR) is 130 cm³/mol. The van der Waals surface area contributed by atoms with E-state index in [-0.39, 0.29) is 23.8 Å². The topological polar surface area (TPSA) is 102 Å². The highest BCUT2D eigenvalue weighted by atomic mass is 32.2. The normalized spacial score (nSPS) is 12.1. The Balaban J connectivity index is 1.59. The largest absolute Gasteiger partial charge is 0.394 e. The number of carbonyl (C=O) groups excluding carboxylic acids is 1. The number of hydrogen-bond acceptors (Lipinski definition) is 6. The van der Waals surface area contributed by atoms with Crippen LogP contribution in [0.2, 0.25) is 0 Å². The summed E-state index contributed by atoms with van der Waals surface area (Å²) in [4.78, 5) is 30.6. The molecule has 8 nitrogen and oxygen atoms in total. The molecule has 1 unspecified atom stereocenters. The maximum atomic E-state index is 13.1. The number of amides is 1. The minimum absolute atomic E-state index is 0.0473. The number of aromatic nitrogens is 4. The maximum absolute atomic E-state index is 13.1. The van der Waals surface area contributed by atoms with Crippen molar-refractivity contribution in [2.75, 3.05) is 17.7 Å². The van der Waals surface area contributed by atoms with Crippen LogP contribution in [-0.4, -0.2) is 42.7 Å². The molecule has 9 heteroatoms. The summed E-state index contributed by atoms with van der Waals surface area (Å²) >= 11 is 1.17. The van der Waals surface area contributed by atoms with Crippen molar-refractivity contribution in [3.05, 3.63) is 76.7 Å². The highest BCUT2D eigenvalue weighted by molar-refractivity contribution is 7.99. The molecule has 0 aliphatic rings. The van der Waals surface area contributed by atoms with Crippen LogP contribution in [0.4, 0.5) is 5.82 Å². The third kappa shape index (κ3) is 4.84. The number of carbonyl (C=O) groups is 1. The van der Waals surface area contributed by atoms with Gasteiger partial charge in [0.2, 0.25) is 5.91 Å². The lowest BCUT2D eigenvalue weighted by atomic mass is 10.2. The SMILES string of the molecule is CCC(CO)n1c(SCC(=O)Nc2cc(C)nn2-c2ccccc2)nc2ccccc2c1=O. The van der Waals surface area contributed by atoms with Gasteiger partial charge in [-0.25, -0.2) is 9.67 Å². The Morgan fingerprint density at radius 3 is 2.61 bits per heavy atom. The molecule has 4 aromatic rings. The molecule has 0 fully saturated rings. The minimum Gasteiger partial charge on any atom is -0.394 e. The van der Waals surface area contributed by atoms with Crippen molar-refractivity contribution < 1.29 is 9.90 Å². The fraction of sp³-hybridized carbons (Fsp3) is 0.250. The van der Waals surface area contributed by atoms with E-state index in [4.69, 9.17) is 0 Å². The Labute approximate surface area is 195 Å². The molecular formula is C24H25N5O3S. The number of nitrogens with zero attached hydrogens (tertiary/aromatic N) is 4. The average Bonchev–Trinajstić information content (AvgIpc) is 3.20. The molecule has 4 rings (SSSR count). The van der Waals surface area contributed by atoms with Gasteiger partial charge in [-0.05, 0) is 37.6 Å². The summed E-state index contributed by atoms with van der Waals surface area (Å²) in [6.45, 7) is 3.57. The fourth-order valence-corrected chi connectivity index (χ4v) is 4.47. The lowest BCUT2D eigenvalue weighted by molar-refractivity contribution is -0.113. The summed E-state index contributed by atoms with van der Waals surface area (Å²) in [5, 5.41) is 18.1. The van der Waals surface area contributed by atoms with E-state index in [0.29, 0.717) is 28.3 Å². The number of fused-ring (bicyclic) bond motifs is 1. The van der Waals surface area contributed by atoms with Crippen LogP contribution >= 0.6 is 11.8 Å². The highest BCUT2D eigenvalue weighted by Gasteiger charge is 2.19. The number of thioether (sulfide) groups is 1. The quantitative estimate of drug-likeness (QED) is 0.306. The van der Waals surface area contributed by atoms with E-state index < -0.39 is 6.04 Å². The van der Waals surface area contributed by atoms with Gasteiger partial charge >= 0.3 is 0 Å². The van der Waals surface area contributed by atoms with Crippen molar-refractivity contribution in [2.24, 2.45) is 0 Å². The molecular weight excluding hydrogens is 438 g/mol. The first kappa shape index (κ1) is 22.8. The summed E-state index contributed by atoms with van der Waals surface area (Å²) in [5.41, 5.74) is 1.96. The predicted octanol–water partition coefficient (Wildman–Crippen LogP) is 3.56. The van der Waals surface area contributed by atoms with E-state index in [1.165, 1.54) is 16.3 Å². The van der Waals surface area contributed by atoms with Crippen LogP contribution in [0.15, 0.2) is 70.6 Å². The lowest BCUT2D eigenvalue weighted by Gasteiger charge is -2.19. The van der Waals surface area contributed by atoms with E-state index in [0.717, 1.165) is 11.4 Å². The van der Waals surface area contributed by atoms with Crippen molar-refractivity contribution in [1.29, 1.82) is 0 Å². The third-order valence-corrected chi connectivity index (χ3v) is 6.21. The van der Waals surface area contributed by atoms with Crippen LogP contribution in [0, 0.1) is 6.92 Å². The molecule has 0 saturated heterocycles. The van der Waals surface area contributed by atoms with E-state index in [9.17, 15) is 14.7 Å². The molecule has 2 aromatic carbocycles. The number of para-hydroxylation sites is 2. The molecule has 1 atom stereocenters. The van der Waals surface area contributed by atoms with Crippen LogP contribution in [-0.2, 0) is 4.79 Å². The highest BCUT2D eigenvalue weighted by Crippen LogP contribution is 2.23. The van der Waals surface area contributed by atoms with E-state index in [1.54, 1.807) is 28.9 Å². The van der Waals surface area contributed by atoms with Gasteiger partial charge in [-0.1, -0.05) is 49.0 Å². The third-order valence-electron chi connectivity index (χ3n) is 5.25. The van der Waals surface area contributed by atoms with E-state index in [1.807, 2.05) is 50.2 Å². The Morgan fingerprint density at radius 2 is 1.88 bits per heavy atom. The number of nitrogens with one attached hydrogen (secondary N) is 1. The first-order valence-corrected chi connectivity index (χ1v) is 11.7. The van der Waals surface area contributed by atoms with Gasteiger partial charge in [0.15, 0.2) is 5.16 Å². The first-order valence-electron chi connectivity index (χ1n) is 10.7. The molecule has 1 amide bonds. The maximum Gasteiger partial charge on any atom is 0.262 e. The second-order valence-corrected chi connectivity index (χ2v) is 8.53. The van der Waals surface area contributed by atoms with Crippen LogP contribution in [0.1, 0.15) is 25.1 Å². The Bertz CT molecular complexity index is 1330. The molecule has 2 N–H and O–H groups in total. The van der Waals surface area contributed by atoms with Crippen LogP contribution in [0.25, 0.3) is 16.6 Å². The number of anilines is 1. The van der Waals surface area contributed by atoms with Gasteiger partial charge in [-0.2, -0.15) is 5.10 Å². The van der Waals surface area contributed by atoms with Gasteiger partial charge < -0.3 is 10.4 Å². The fourth-order valence-electron chi connectivity index (χ4n) is 3.61. The lowest BCUT2D eigenvalue weighted by Crippen LogP contribution is -2.29. The zero-order chi connectivity index (χ0) is 23.4. The average molecular weight is 464 g/mol. The second kappa shape index (κ2) is 10.0. The van der Waals surface area contributed by atoms with Crippen LogP contribution in [0.3, 0.4) is 0 Å². The Kier molecular flexibility index (Phi) is 6.90. The van der Waals surface area contributed by atoms with E-state index in [2.05, 4.69) is 15.4 Å². The molecule has 2 aromatic heterocycles. The zero-order valence-corrected chi connectivity index (χ0v) is 19.2. The molecule has 0 aliphatic carbocycles. The van der Waals surface area contributed by atoms with Gasteiger partial charge in [-0.3, -0.25) is 14.2 Å². The van der Waals surface area contributed by atoms with Crippen LogP contribution < -0.4 is 10.9 Å². The molecule has 0 aliphatic heterocycles. The first-order chi connectivity index (χ1) is 16.0. The summed E-state index contributed by atoms with van der Waals surface area (Å²) in [6, 6.07) is 18.0. The number of aryl methyl sites for hydroxylation is 1. The summed E-state index contributed by atoms with van der Waals surface area (Å²) < 4.78 is 3.18. The Morgan fingerprint density at radius 1 is 1.15 bits per heavy atom. The van der Waals surface area contributed by atoms with Gasteiger partial charge in [0.25, 0.3) is 5.56 Å². The van der Waals surface area contributed by atoms with Gasteiger partial charge in [0, 0.05) is 6.07 Å². The standard InChI is InChI=1S/C24H25N5O3S/c1-3-17(14-30)28-23(32)19-11-7-8-12-20(19)25-24(28)33-15-22(31)26-21-13-16(2)27-29(21)18-9-5-4-6-10-18/h4-13,17,30H,3,14-15H2,1-2H3,(H,26,31). The monoisotopic (exact) mass is 463 g/mol. The molecule has 2 heterocycles. The molecule has 33 heavy (non-hydrogen) atoms. The number of aliphatic hydroxyl groups excluding tert-OH is 1. The van der Waals surface area contributed by atoms with Crippen molar-refractivity contribution in [1.82, 2.24) is 19.3 Å². The van der Waals surface area contributed by atoms with Crippen LogP contribution in [0.5, 0.6) is 0 Å². The second-order valence-electron chi connectivity index (χ2n) is 7.59. The number of rotatable bonds is 8. The summed E-state index contributed by atoms with van der Waals surface area (Å²) in [6.07, 6.45) is 0.561. The minimum atomic E-state index is -0.415. The van der Waals surface area contributed by atoms with E-state index >= 15 is 0 Å². The zero-order valence-electron chi connectivity index (χ0n) is 18.4. The summed E-state index contributed by atoms with van der Waals surface area (Å²) in [5.74, 6) is 0.365. The van der Waals surface area contributed by atoms with Crippen molar-refractivity contribution in [3.8, 4) is 5.69 Å². The molecule has 0 bridgehead atoms. The molecule has 170 valence electrons. The molecule has 0 saturated carbocycles. The smallest absolute Gasteiger partial charge is 0.262 e. The number of benzene rings is 2. The van der Waals surface area contributed by atoms with Crippen molar-refractivity contribution in [2.45, 2.75) is 31.5 Å². The van der Waals surface area contributed by atoms with Crippen molar-refractivity contribution in [3.63, 3.8) is 0 Å². The number of aliphatic hydroxyl groups is 1. The van der Waals surface area contributed by atoms with Gasteiger partial charge in [-0.15, -0.1) is 0 Å². The van der Waals surface area contributed by atoms with Gasteiger partial charge in [0.1, 0.15) is 5.82 Å².